The van der Waals surface area contributed by atoms with Gasteiger partial charge in [0.05, 0.1) is 31.0 Å². The minimum absolute atomic E-state index is 0.333. The van der Waals surface area contributed by atoms with Crippen LogP contribution in [-0.2, 0) is 0 Å². The van der Waals surface area contributed by atoms with Crippen molar-refractivity contribution < 1.29 is 19.1 Å². The van der Waals surface area contributed by atoms with E-state index in [2.05, 4.69) is 15.8 Å². The average molecular weight is 438 g/mol. The number of carbonyl (C=O) groups excluding carboxylic acids is 2. The van der Waals surface area contributed by atoms with E-state index >= 15 is 0 Å². The van der Waals surface area contributed by atoms with Crippen molar-refractivity contribution in [3.05, 3.63) is 88.4 Å². The van der Waals surface area contributed by atoms with Gasteiger partial charge in [0.1, 0.15) is 11.5 Å². The smallest absolute Gasteiger partial charge is 0.271 e. The molecule has 0 fully saturated rings. The summed E-state index contributed by atoms with van der Waals surface area (Å²) in [7, 11) is 3.10. The molecular formula is C23H20ClN3O4. The number of nitrogens with one attached hydrogen (secondary N) is 2. The number of anilines is 1. The molecule has 0 saturated heterocycles. The van der Waals surface area contributed by atoms with Crippen molar-refractivity contribution in [2.75, 3.05) is 19.5 Å². The Kier molecular flexibility index (Phi) is 7.24. The summed E-state index contributed by atoms with van der Waals surface area (Å²) in [6, 6.07) is 18.4. The Morgan fingerprint density at radius 3 is 2.35 bits per heavy atom. The predicted octanol–water partition coefficient (Wildman–Crippen LogP) is 4.37. The molecule has 2 N–H and O–H groups in total. The lowest BCUT2D eigenvalue weighted by Gasteiger charge is -2.08. The van der Waals surface area contributed by atoms with Crippen molar-refractivity contribution in [2.24, 2.45) is 5.10 Å². The fraction of sp³-hybridized carbons (Fsp3) is 0.0870. The standard InChI is InChI=1S/C23H20ClN3O4/c1-30-18-12-9-16(21(13-18)31-2)14-25-27-22(28)15-7-10-17(11-8-15)26-23(29)19-5-3-4-6-20(19)24/h3-14H,1-2H3,(H,26,29)(H,27,28)/b25-14+. The number of hydrogen-bond donors (Lipinski definition) is 2. The number of rotatable bonds is 7. The van der Waals surface area contributed by atoms with E-state index in [0.29, 0.717) is 38.9 Å². The van der Waals surface area contributed by atoms with Crippen molar-refractivity contribution in [3.63, 3.8) is 0 Å². The van der Waals surface area contributed by atoms with Crippen molar-refractivity contribution >= 4 is 35.3 Å². The Morgan fingerprint density at radius 2 is 1.68 bits per heavy atom. The Bertz CT molecular complexity index is 1110. The number of ether oxygens (including phenoxy) is 2. The van der Waals surface area contributed by atoms with E-state index in [0.717, 1.165) is 0 Å². The highest BCUT2D eigenvalue weighted by molar-refractivity contribution is 6.34. The molecular weight excluding hydrogens is 418 g/mol. The van der Waals surface area contributed by atoms with Gasteiger partial charge in [-0.25, -0.2) is 5.43 Å². The van der Waals surface area contributed by atoms with E-state index in [9.17, 15) is 9.59 Å². The van der Waals surface area contributed by atoms with Crippen LogP contribution in [0.5, 0.6) is 11.5 Å². The van der Waals surface area contributed by atoms with Crippen LogP contribution in [0.3, 0.4) is 0 Å². The Morgan fingerprint density at radius 1 is 0.935 bits per heavy atom. The number of carbonyl (C=O) groups is 2. The summed E-state index contributed by atoms with van der Waals surface area (Å²) < 4.78 is 10.4. The number of hydrazone groups is 1. The largest absolute Gasteiger partial charge is 0.497 e. The summed E-state index contributed by atoms with van der Waals surface area (Å²) >= 11 is 6.04. The molecule has 2 amide bonds. The van der Waals surface area contributed by atoms with Crippen molar-refractivity contribution in [3.8, 4) is 11.5 Å². The minimum atomic E-state index is -0.396. The second-order valence-electron chi connectivity index (χ2n) is 6.32. The Labute approximate surface area is 184 Å². The molecule has 0 heterocycles. The van der Waals surface area contributed by atoms with Crippen LogP contribution in [0.1, 0.15) is 26.3 Å². The highest BCUT2D eigenvalue weighted by atomic mass is 35.5. The molecule has 0 spiro atoms. The molecule has 8 heteroatoms. The highest BCUT2D eigenvalue weighted by Gasteiger charge is 2.11. The van der Waals surface area contributed by atoms with Gasteiger partial charge in [-0.3, -0.25) is 9.59 Å². The van der Waals surface area contributed by atoms with E-state index in [1.54, 1.807) is 73.8 Å². The molecule has 0 radical (unpaired) electrons. The third kappa shape index (κ3) is 5.61. The van der Waals surface area contributed by atoms with Crippen LogP contribution < -0.4 is 20.2 Å². The zero-order chi connectivity index (χ0) is 22.2. The summed E-state index contributed by atoms with van der Waals surface area (Å²) in [5.41, 5.74) is 4.43. The fourth-order valence-corrected chi connectivity index (χ4v) is 2.92. The van der Waals surface area contributed by atoms with Crippen LogP contribution in [0.4, 0.5) is 5.69 Å². The number of amides is 2. The summed E-state index contributed by atoms with van der Waals surface area (Å²) in [6.45, 7) is 0. The summed E-state index contributed by atoms with van der Waals surface area (Å²) in [6.07, 6.45) is 1.48. The molecule has 0 saturated carbocycles. The number of hydrogen-bond acceptors (Lipinski definition) is 5. The first-order valence-corrected chi connectivity index (χ1v) is 9.61. The van der Waals surface area contributed by atoms with E-state index in [4.69, 9.17) is 21.1 Å². The summed E-state index contributed by atoms with van der Waals surface area (Å²) in [5.74, 6) is 0.490. The van der Waals surface area contributed by atoms with Gasteiger partial charge in [0, 0.05) is 22.9 Å². The van der Waals surface area contributed by atoms with Crippen molar-refractivity contribution in [1.29, 1.82) is 0 Å². The lowest BCUT2D eigenvalue weighted by molar-refractivity contribution is 0.0954. The molecule has 3 aromatic rings. The van der Waals surface area contributed by atoms with Crippen LogP contribution in [0.2, 0.25) is 5.02 Å². The number of halogens is 1. The molecule has 0 aliphatic heterocycles. The maximum Gasteiger partial charge on any atom is 0.271 e. The lowest BCUT2D eigenvalue weighted by atomic mass is 10.1. The van der Waals surface area contributed by atoms with Gasteiger partial charge in [-0.05, 0) is 48.5 Å². The summed E-state index contributed by atoms with van der Waals surface area (Å²) in [4.78, 5) is 24.6. The molecule has 3 rings (SSSR count). The molecule has 3 aromatic carbocycles. The molecule has 158 valence electrons. The van der Waals surface area contributed by atoms with Gasteiger partial charge in [-0.15, -0.1) is 0 Å². The molecule has 0 aliphatic carbocycles. The summed E-state index contributed by atoms with van der Waals surface area (Å²) in [5, 5.41) is 7.08. The molecule has 0 aliphatic rings. The van der Waals surface area contributed by atoms with E-state index in [1.165, 1.54) is 13.3 Å². The quantitative estimate of drug-likeness (QED) is 0.424. The fourth-order valence-electron chi connectivity index (χ4n) is 2.70. The minimum Gasteiger partial charge on any atom is -0.497 e. The van der Waals surface area contributed by atoms with Crippen LogP contribution in [-0.4, -0.2) is 32.2 Å². The third-order valence-electron chi connectivity index (χ3n) is 4.33. The molecule has 0 bridgehead atoms. The van der Waals surface area contributed by atoms with Gasteiger partial charge in [-0.1, -0.05) is 23.7 Å². The van der Waals surface area contributed by atoms with Crippen LogP contribution in [0, 0.1) is 0 Å². The van der Waals surface area contributed by atoms with Gasteiger partial charge in [-0.2, -0.15) is 5.10 Å². The molecule has 7 nitrogen and oxygen atoms in total. The van der Waals surface area contributed by atoms with Gasteiger partial charge >= 0.3 is 0 Å². The normalized spacial score (nSPS) is 10.5. The van der Waals surface area contributed by atoms with Crippen LogP contribution in [0.15, 0.2) is 71.8 Å². The highest BCUT2D eigenvalue weighted by Crippen LogP contribution is 2.23. The van der Waals surface area contributed by atoms with E-state index in [1.807, 2.05) is 0 Å². The number of nitrogens with zero attached hydrogens (tertiary/aromatic N) is 1. The first kappa shape index (κ1) is 21.9. The number of benzene rings is 3. The van der Waals surface area contributed by atoms with E-state index < -0.39 is 5.91 Å². The van der Waals surface area contributed by atoms with Gasteiger partial charge in [0.2, 0.25) is 0 Å². The first-order chi connectivity index (χ1) is 15.0. The average Bonchev–Trinajstić information content (AvgIpc) is 2.79. The van der Waals surface area contributed by atoms with Crippen LogP contribution in [0.25, 0.3) is 0 Å². The third-order valence-corrected chi connectivity index (χ3v) is 4.66. The lowest BCUT2D eigenvalue weighted by Crippen LogP contribution is -2.18. The second-order valence-corrected chi connectivity index (χ2v) is 6.73. The number of methoxy groups -OCH3 is 2. The molecule has 0 atom stereocenters. The maximum absolute atomic E-state index is 12.3. The predicted molar refractivity (Wildman–Crippen MR) is 120 cm³/mol. The Balaban J connectivity index is 1.61. The van der Waals surface area contributed by atoms with Gasteiger partial charge in [0.15, 0.2) is 0 Å². The van der Waals surface area contributed by atoms with Crippen molar-refractivity contribution in [2.45, 2.75) is 0 Å². The zero-order valence-electron chi connectivity index (χ0n) is 16.9. The monoisotopic (exact) mass is 437 g/mol. The topological polar surface area (TPSA) is 89.0 Å². The Hall–Kier alpha value is -3.84. The van der Waals surface area contributed by atoms with Gasteiger partial charge < -0.3 is 14.8 Å². The SMILES string of the molecule is COc1ccc(/C=N/NC(=O)c2ccc(NC(=O)c3ccccc3Cl)cc2)c(OC)c1. The maximum atomic E-state index is 12.3. The second kappa shape index (κ2) is 10.3. The van der Waals surface area contributed by atoms with Crippen LogP contribution >= 0.6 is 11.6 Å². The molecule has 31 heavy (non-hydrogen) atoms. The molecule has 0 unspecified atom stereocenters. The molecule has 0 aromatic heterocycles. The van der Waals surface area contributed by atoms with Gasteiger partial charge in [0.25, 0.3) is 11.8 Å². The van der Waals surface area contributed by atoms with E-state index in [-0.39, 0.29) is 5.91 Å². The van der Waals surface area contributed by atoms with Crippen molar-refractivity contribution in [1.82, 2.24) is 5.43 Å². The first-order valence-electron chi connectivity index (χ1n) is 9.23. The zero-order valence-corrected chi connectivity index (χ0v) is 17.6.